The van der Waals surface area contributed by atoms with E-state index < -0.39 is 0 Å². The third-order valence-electron chi connectivity index (χ3n) is 6.50. The third-order valence-corrected chi connectivity index (χ3v) is 6.50. The molecule has 0 atom stereocenters. The van der Waals surface area contributed by atoms with E-state index >= 15 is 0 Å². The van der Waals surface area contributed by atoms with E-state index in [1.54, 1.807) is 0 Å². The van der Waals surface area contributed by atoms with Crippen molar-refractivity contribution in [3.8, 4) is 22.3 Å². The Bertz CT molecular complexity index is 1190. The largest absolute Gasteiger partial charge is 0.378 e. The first-order valence-electron chi connectivity index (χ1n) is 9.84. The lowest BCUT2D eigenvalue weighted by molar-refractivity contribution is 0.793. The molecule has 6 rings (SSSR count). The van der Waals surface area contributed by atoms with Crippen LogP contribution in [0.1, 0.15) is 22.3 Å². The molecule has 4 aromatic carbocycles. The predicted octanol–water partition coefficient (Wildman–Crippen LogP) is 6.10. The van der Waals surface area contributed by atoms with Gasteiger partial charge in [-0.25, -0.2) is 0 Å². The zero-order chi connectivity index (χ0) is 18.9. The summed E-state index contributed by atoms with van der Waals surface area (Å²) >= 11 is 0. The summed E-state index contributed by atoms with van der Waals surface area (Å²) in [5.41, 5.74) is 12.0. The Morgan fingerprint density at radius 2 is 0.929 bits per heavy atom. The summed E-state index contributed by atoms with van der Waals surface area (Å²) in [6, 6.07) is 33.8. The Morgan fingerprint density at radius 3 is 1.39 bits per heavy atom. The fourth-order valence-corrected chi connectivity index (χ4v) is 5.36. The number of rotatable bonds is 1. The number of anilines is 1. The summed E-state index contributed by atoms with van der Waals surface area (Å²) in [5.74, 6) is 0. The molecule has 2 aliphatic carbocycles. The highest BCUT2D eigenvalue weighted by atomic mass is 15.1. The van der Waals surface area contributed by atoms with Gasteiger partial charge in [0.2, 0.25) is 0 Å². The fraction of sp³-hybridized carbons (Fsp3) is 0.111. The first-order chi connectivity index (χ1) is 13.7. The minimum atomic E-state index is -0.231. The van der Waals surface area contributed by atoms with Crippen molar-refractivity contribution in [1.29, 1.82) is 0 Å². The molecule has 28 heavy (non-hydrogen) atoms. The SMILES string of the molecule is CN(C)c1ccc2c(c1)C1(c3ccccc3-c3ccccc31)c1ccccc1-2. The van der Waals surface area contributed by atoms with Gasteiger partial charge >= 0.3 is 0 Å². The van der Waals surface area contributed by atoms with Crippen LogP contribution in [0.4, 0.5) is 5.69 Å². The van der Waals surface area contributed by atoms with Crippen LogP contribution < -0.4 is 4.90 Å². The van der Waals surface area contributed by atoms with Crippen LogP contribution in [0.25, 0.3) is 22.3 Å². The maximum Gasteiger partial charge on any atom is 0.0726 e. The van der Waals surface area contributed by atoms with Gasteiger partial charge < -0.3 is 4.90 Å². The van der Waals surface area contributed by atoms with Crippen LogP contribution in [-0.4, -0.2) is 14.1 Å². The van der Waals surface area contributed by atoms with Crippen LogP contribution in [0.2, 0.25) is 0 Å². The molecular formula is C27H21N. The second-order valence-corrected chi connectivity index (χ2v) is 8.01. The molecular weight excluding hydrogens is 338 g/mol. The van der Waals surface area contributed by atoms with E-state index in [-0.39, 0.29) is 5.41 Å². The molecule has 0 N–H and O–H groups in total. The molecule has 0 radical (unpaired) electrons. The van der Waals surface area contributed by atoms with Crippen molar-refractivity contribution in [2.45, 2.75) is 5.41 Å². The van der Waals surface area contributed by atoms with E-state index in [1.165, 1.54) is 50.2 Å². The topological polar surface area (TPSA) is 3.24 Å². The molecule has 0 amide bonds. The standard InChI is InChI=1S/C27H21N/c1-28(2)18-15-16-22-21-11-5-8-14-25(21)27(26(22)17-18)23-12-6-3-9-19(23)20-10-4-7-13-24(20)27/h3-17H,1-2H3. The average molecular weight is 359 g/mol. The number of benzene rings is 4. The lowest BCUT2D eigenvalue weighted by Crippen LogP contribution is -2.26. The molecule has 4 aromatic rings. The Kier molecular flexibility index (Phi) is 3.01. The van der Waals surface area contributed by atoms with Crippen molar-refractivity contribution in [3.05, 3.63) is 113 Å². The normalized spacial score (nSPS) is 14.4. The van der Waals surface area contributed by atoms with Gasteiger partial charge in [-0.2, -0.15) is 0 Å². The summed E-state index contributed by atoms with van der Waals surface area (Å²) in [6.45, 7) is 0. The molecule has 0 bridgehead atoms. The van der Waals surface area contributed by atoms with Gasteiger partial charge in [-0.3, -0.25) is 0 Å². The fourth-order valence-electron chi connectivity index (χ4n) is 5.36. The number of nitrogens with zero attached hydrogens (tertiary/aromatic N) is 1. The summed E-state index contributed by atoms with van der Waals surface area (Å²) in [4.78, 5) is 2.20. The molecule has 0 saturated heterocycles. The molecule has 1 nitrogen and oxygen atoms in total. The highest BCUT2D eigenvalue weighted by Gasteiger charge is 2.51. The number of hydrogen-bond acceptors (Lipinski definition) is 1. The average Bonchev–Trinajstić information content (AvgIpc) is 3.21. The Morgan fingerprint density at radius 1 is 0.500 bits per heavy atom. The third kappa shape index (κ3) is 1.72. The zero-order valence-electron chi connectivity index (χ0n) is 16.1. The van der Waals surface area contributed by atoms with Gasteiger partial charge in [-0.1, -0.05) is 78.9 Å². The van der Waals surface area contributed by atoms with Crippen molar-refractivity contribution >= 4 is 5.69 Å². The van der Waals surface area contributed by atoms with Gasteiger partial charge in [0.15, 0.2) is 0 Å². The van der Waals surface area contributed by atoms with Gasteiger partial charge in [-0.05, 0) is 56.6 Å². The van der Waals surface area contributed by atoms with Crippen molar-refractivity contribution in [1.82, 2.24) is 0 Å². The Hall–Kier alpha value is -3.32. The van der Waals surface area contributed by atoms with Crippen LogP contribution in [0.15, 0.2) is 91.0 Å². The van der Waals surface area contributed by atoms with Gasteiger partial charge in [0, 0.05) is 19.8 Å². The van der Waals surface area contributed by atoms with Crippen molar-refractivity contribution in [3.63, 3.8) is 0 Å². The van der Waals surface area contributed by atoms with Crippen molar-refractivity contribution < 1.29 is 0 Å². The van der Waals surface area contributed by atoms with Gasteiger partial charge in [0.1, 0.15) is 0 Å². The zero-order valence-corrected chi connectivity index (χ0v) is 16.1. The molecule has 134 valence electrons. The molecule has 0 aromatic heterocycles. The summed E-state index contributed by atoms with van der Waals surface area (Å²) < 4.78 is 0. The first kappa shape index (κ1) is 15.7. The first-order valence-corrected chi connectivity index (χ1v) is 9.84. The van der Waals surface area contributed by atoms with E-state index in [4.69, 9.17) is 0 Å². The Labute approximate surface area is 165 Å². The summed E-state index contributed by atoms with van der Waals surface area (Å²) in [5, 5.41) is 0. The summed E-state index contributed by atoms with van der Waals surface area (Å²) in [6.07, 6.45) is 0. The maximum absolute atomic E-state index is 2.40. The molecule has 0 aliphatic heterocycles. The smallest absolute Gasteiger partial charge is 0.0726 e. The molecule has 0 fully saturated rings. The number of fused-ring (bicyclic) bond motifs is 10. The van der Waals surface area contributed by atoms with Crippen LogP contribution >= 0.6 is 0 Å². The van der Waals surface area contributed by atoms with Gasteiger partial charge in [-0.15, -0.1) is 0 Å². The number of hydrogen-bond donors (Lipinski definition) is 0. The van der Waals surface area contributed by atoms with Crippen LogP contribution in [-0.2, 0) is 5.41 Å². The molecule has 2 aliphatic rings. The minimum absolute atomic E-state index is 0.231. The van der Waals surface area contributed by atoms with Crippen molar-refractivity contribution in [2.75, 3.05) is 19.0 Å². The van der Waals surface area contributed by atoms with E-state index in [0.717, 1.165) is 0 Å². The lowest BCUT2D eigenvalue weighted by Gasteiger charge is -2.31. The van der Waals surface area contributed by atoms with E-state index in [9.17, 15) is 0 Å². The highest BCUT2D eigenvalue weighted by molar-refractivity contribution is 5.95. The monoisotopic (exact) mass is 359 g/mol. The molecule has 0 unspecified atom stereocenters. The predicted molar refractivity (Wildman–Crippen MR) is 117 cm³/mol. The minimum Gasteiger partial charge on any atom is -0.378 e. The molecule has 0 saturated carbocycles. The van der Waals surface area contributed by atoms with Gasteiger partial charge in [0.05, 0.1) is 5.41 Å². The van der Waals surface area contributed by atoms with E-state index in [1.807, 2.05) is 0 Å². The van der Waals surface area contributed by atoms with E-state index in [2.05, 4.69) is 110 Å². The van der Waals surface area contributed by atoms with Crippen LogP contribution in [0.5, 0.6) is 0 Å². The van der Waals surface area contributed by atoms with Crippen LogP contribution in [0, 0.1) is 0 Å². The Balaban J connectivity index is 1.83. The second-order valence-electron chi connectivity index (χ2n) is 8.01. The highest BCUT2D eigenvalue weighted by Crippen LogP contribution is 2.62. The molecule has 0 heterocycles. The van der Waals surface area contributed by atoms with Crippen LogP contribution in [0.3, 0.4) is 0 Å². The van der Waals surface area contributed by atoms with Gasteiger partial charge in [0.25, 0.3) is 0 Å². The molecule has 1 spiro atoms. The maximum atomic E-state index is 2.40. The second kappa shape index (κ2) is 5.36. The van der Waals surface area contributed by atoms with Crippen molar-refractivity contribution in [2.24, 2.45) is 0 Å². The summed E-state index contributed by atoms with van der Waals surface area (Å²) in [7, 11) is 4.24. The quantitative estimate of drug-likeness (QED) is 0.343. The molecule has 1 heteroatoms. The lowest BCUT2D eigenvalue weighted by atomic mass is 9.70. The van der Waals surface area contributed by atoms with E-state index in [0.29, 0.717) is 0 Å².